The summed E-state index contributed by atoms with van der Waals surface area (Å²) in [4.78, 5) is 19.7. The largest absolute Gasteiger partial charge is 0.467 e. The summed E-state index contributed by atoms with van der Waals surface area (Å²) in [5, 5.41) is 0. The Morgan fingerprint density at radius 3 is 2.41 bits per heavy atom. The Balaban J connectivity index is 1.72. The first-order chi connectivity index (χ1) is 14.0. The zero-order chi connectivity index (χ0) is 20.3. The van der Waals surface area contributed by atoms with Gasteiger partial charge in [-0.05, 0) is 19.4 Å². The van der Waals surface area contributed by atoms with Crippen molar-refractivity contribution in [1.29, 1.82) is 0 Å². The lowest BCUT2D eigenvalue weighted by Gasteiger charge is -2.29. The maximum absolute atomic E-state index is 6.33. The standard InChI is InChI=1S/C21H24N6O2/c1-21(2,16-6-4-3-5-7-16)29-18-12-17(15-13-23-19(22)24-14-15)25-20(26-18)27-8-10-28-11-9-27/h3-7,12-14H,8-11H2,1-2H3,(H2,22,23,24). The number of benzene rings is 1. The highest BCUT2D eigenvalue weighted by molar-refractivity contribution is 5.60. The Labute approximate surface area is 169 Å². The van der Waals surface area contributed by atoms with Gasteiger partial charge in [-0.25, -0.2) is 15.0 Å². The van der Waals surface area contributed by atoms with Crippen LogP contribution < -0.4 is 15.4 Å². The first-order valence-electron chi connectivity index (χ1n) is 9.55. The van der Waals surface area contributed by atoms with Crippen LogP contribution in [0.2, 0.25) is 0 Å². The van der Waals surface area contributed by atoms with Crippen LogP contribution in [0.3, 0.4) is 0 Å². The lowest BCUT2D eigenvalue weighted by molar-refractivity contribution is 0.101. The minimum Gasteiger partial charge on any atom is -0.467 e. The van der Waals surface area contributed by atoms with E-state index in [0.717, 1.165) is 24.2 Å². The van der Waals surface area contributed by atoms with E-state index in [1.54, 1.807) is 12.4 Å². The van der Waals surface area contributed by atoms with Gasteiger partial charge in [-0.15, -0.1) is 0 Å². The Bertz CT molecular complexity index is 957. The van der Waals surface area contributed by atoms with Crippen LogP contribution >= 0.6 is 0 Å². The summed E-state index contributed by atoms with van der Waals surface area (Å²) in [6, 6.07) is 11.9. The van der Waals surface area contributed by atoms with Crippen LogP contribution in [0, 0.1) is 0 Å². The molecular formula is C21H24N6O2. The Kier molecular flexibility index (Phi) is 5.26. The van der Waals surface area contributed by atoms with Gasteiger partial charge in [-0.2, -0.15) is 4.98 Å². The number of anilines is 2. The molecule has 3 heterocycles. The van der Waals surface area contributed by atoms with Gasteiger partial charge in [-0.1, -0.05) is 30.3 Å². The zero-order valence-corrected chi connectivity index (χ0v) is 16.6. The number of nitrogen functional groups attached to an aromatic ring is 1. The fourth-order valence-electron chi connectivity index (χ4n) is 3.15. The van der Waals surface area contributed by atoms with Crippen molar-refractivity contribution in [2.45, 2.75) is 19.4 Å². The molecule has 8 heteroatoms. The molecule has 1 aliphatic heterocycles. The van der Waals surface area contributed by atoms with Gasteiger partial charge in [0.05, 0.1) is 18.9 Å². The predicted molar refractivity (Wildman–Crippen MR) is 111 cm³/mol. The third-order valence-electron chi connectivity index (χ3n) is 4.78. The molecule has 29 heavy (non-hydrogen) atoms. The molecule has 0 amide bonds. The third kappa shape index (κ3) is 4.43. The Morgan fingerprint density at radius 2 is 1.72 bits per heavy atom. The second-order valence-corrected chi connectivity index (χ2v) is 7.30. The first-order valence-corrected chi connectivity index (χ1v) is 9.55. The van der Waals surface area contributed by atoms with E-state index >= 15 is 0 Å². The van der Waals surface area contributed by atoms with Crippen molar-refractivity contribution in [3.05, 3.63) is 54.4 Å². The minimum atomic E-state index is -0.563. The van der Waals surface area contributed by atoms with Gasteiger partial charge in [0.15, 0.2) is 0 Å². The van der Waals surface area contributed by atoms with Gasteiger partial charge in [0.1, 0.15) is 5.60 Å². The van der Waals surface area contributed by atoms with E-state index in [1.807, 2.05) is 50.2 Å². The molecular weight excluding hydrogens is 368 g/mol. The van der Waals surface area contributed by atoms with Crippen LogP contribution in [-0.4, -0.2) is 46.2 Å². The van der Waals surface area contributed by atoms with E-state index in [0.29, 0.717) is 30.7 Å². The van der Waals surface area contributed by atoms with E-state index in [9.17, 15) is 0 Å². The molecule has 0 saturated carbocycles. The second kappa shape index (κ2) is 8.00. The minimum absolute atomic E-state index is 0.220. The molecule has 1 aromatic carbocycles. The van der Waals surface area contributed by atoms with E-state index in [-0.39, 0.29) is 5.95 Å². The predicted octanol–water partition coefficient (Wildman–Crippen LogP) is 2.67. The maximum atomic E-state index is 6.33. The Hall–Kier alpha value is -3.26. The van der Waals surface area contributed by atoms with Crippen molar-refractivity contribution in [3.8, 4) is 17.1 Å². The first kappa shape index (κ1) is 19.1. The van der Waals surface area contributed by atoms with E-state index in [2.05, 4.69) is 19.9 Å². The molecule has 1 aliphatic rings. The molecule has 1 fully saturated rings. The van der Waals surface area contributed by atoms with Crippen molar-refractivity contribution < 1.29 is 9.47 Å². The van der Waals surface area contributed by atoms with Gasteiger partial charge >= 0.3 is 0 Å². The summed E-state index contributed by atoms with van der Waals surface area (Å²) in [5.41, 5.74) is 7.55. The lowest BCUT2D eigenvalue weighted by atomic mass is 9.98. The monoisotopic (exact) mass is 392 g/mol. The Morgan fingerprint density at radius 1 is 1.03 bits per heavy atom. The normalized spacial score (nSPS) is 14.6. The number of nitrogens with two attached hydrogens (primary N) is 1. The van der Waals surface area contributed by atoms with Crippen LogP contribution in [0.1, 0.15) is 19.4 Å². The number of hydrogen-bond acceptors (Lipinski definition) is 8. The number of ether oxygens (including phenoxy) is 2. The van der Waals surface area contributed by atoms with E-state index in [4.69, 9.17) is 20.2 Å². The highest BCUT2D eigenvalue weighted by Crippen LogP contribution is 2.30. The van der Waals surface area contributed by atoms with Gasteiger partial charge in [0.2, 0.25) is 17.8 Å². The summed E-state index contributed by atoms with van der Waals surface area (Å²) >= 11 is 0. The molecule has 2 N–H and O–H groups in total. The fraction of sp³-hybridized carbons (Fsp3) is 0.333. The number of rotatable bonds is 5. The molecule has 2 aromatic heterocycles. The average molecular weight is 392 g/mol. The van der Waals surface area contributed by atoms with Gasteiger partial charge < -0.3 is 20.1 Å². The quantitative estimate of drug-likeness (QED) is 0.707. The number of hydrogen-bond donors (Lipinski definition) is 1. The zero-order valence-electron chi connectivity index (χ0n) is 16.6. The summed E-state index contributed by atoms with van der Waals surface area (Å²) in [6.07, 6.45) is 3.31. The van der Waals surface area contributed by atoms with Crippen molar-refractivity contribution >= 4 is 11.9 Å². The molecule has 8 nitrogen and oxygen atoms in total. The van der Waals surface area contributed by atoms with Gasteiger partial charge in [0.25, 0.3) is 0 Å². The number of nitrogens with zero attached hydrogens (tertiary/aromatic N) is 5. The maximum Gasteiger partial charge on any atom is 0.229 e. The summed E-state index contributed by atoms with van der Waals surface area (Å²) in [5.74, 6) is 1.31. The molecule has 0 aliphatic carbocycles. The molecule has 0 spiro atoms. The van der Waals surface area contributed by atoms with Gasteiger partial charge in [-0.3, -0.25) is 0 Å². The van der Waals surface area contributed by atoms with Crippen molar-refractivity contribution in [2.75, 3.05) is 36.9 Å². The van der Waals surface area contributed by atoms with Crippen LogP contribution in [0.4, 0.5) is 11.9 Å². The van der Waals surface area contributed by atoms with E-state index in [1.165, 1.54) is 0 Å². The molecule has 0 radical (unpaired) electrons. The molecule has 150 valence electrons. The average Bonchev–Trinajstić information content (AvgIpc) is 2.75. The smallest absolute Gasteiger partial charge is 0.229 e. The molecule has 1 saturated heterocycles. The lowest BCUT2D eigenvalue weighted by Crippen LogP contribution is -2.37. The van der Waals surface area contributed by atoms with Crippen molar-refractivity contribution in [2.24, 2.45) is 0 Å². The van der Waals surface area contributed by atoms with Crippen LogP contribution in [-0.2, 0) is 10.3 Å². The van der Waals surface area contributed by atoms with Crippen molar-refractivity contribution in [1.82, 2.24) is 19.9 Å². The topological polar surface area (TPSA) is 99.3 Å². The number of morpholine rings is 1. The second-order valence-electron chi connectivity index (χ2n) is 7.30. The SMILES string of the molecule is CC(C)(Oc1cc(-c2cnc(N)nc2)nc(N2CCOCC2)n1)c1ccccc1. The molecule has 0 bridgehead atoms. The summed E-state index contributed by atoms with van der Waals surface area (Å²) < 4.78 is 11.8. The van der Waals surface area contributed by atoms with Crippen molar-refractivity contribution in [3.63, 3.8) is 0 Å². The van der Waals surface area contributed by atoms with Crippen LogP contribution in [0.5, 0.6) is 5.88 Å². The molecule has 0 atom stereocenters. The molecule has 0 unspecified atom stereocenters. The van der Waals surface area contributed by atoms with Crippen LogP contribution in [0.25, 0.3) is 11.3 Å². The fourth-order valence-corrected chi connectivity index (χ4v) is 3.15. The van der Waals surface area contributed by atoms with E-state index < -0.39 is 5.60 Å². The third-order valence-corrected chi connectivity index (χ3v) is 4.78. The molecule has 3 aromatic rings. The summed E-state index contributed by atoms with van der Waals surface area (Å²) in [6.45, 7) is 6.77. The number of aromatic nitrogens is 4. The highest BCUT2D eigenvalue weighted by Gasteiger charge is 2.25. The van der Waals surface area contributed by atoms with Crippen LogP contribution in [0.15, 0.2) is 48.8 Å². The van der Waals surface area contributed by atoms with Gasteiger partial charge in [0, 0.05) is 37.1 Å². The molecule has 4 rings (SSSR count). The summed E-state index contributed by atoms with van der Waals surface area (Å²) in [7, 11) is 0. The highest BCUT2D eigenvalue weighted by atomic mass is 16.5.